The number of hydrogen-bond acceptors (Lipinski definition) is 2. The van der Waals surface area contributed by atoms with Crippen LogP contribution in [-0.2, 0) is 0 Å². The Morgan fingerprint density at radius 1 is 1.24 bits per heavy atom. The van der Waals surface area contributed by atoms with Gasteiger partial charge in [-0.15, -0.1) is 0 Å². The largest absolute Gasteiger partial charge is 0.309 e. The lowest BCUT2D eigenvalue weighted by molar-refractivity contribution is 0.281. The van der Waals surface area contributed by atoms with Gasteiger partial charge in [0.15, 0.2) is 0 Å². The molecule has 2 rings (SSSR count). The lowest BCUT2D eigenvalue weighted by Gasteiger charge is -2.26. The molecule has 1 aromatic rings. The third kappa shape index (κ3) is 4.55. The molecule has 2 atom stereocenters. The van der Waals surface area contributed by atoms with Crippen molar-refractivity contribution in [1.29, 1.82) is 0 Å². The fourth-order valence-corrected chi connectivity index (χ4v) is 3.26. The van der Waals surface area contributed by atoms with Crippen LogP contribution in [0, 0.1) is 19.8 Å². The van der Waals surface area contributed by atoms with E-state index in [-0.39, 0.29) is 0 Å². The second kappa shape index (κ2) is 7.95. The van der Waals surface area contributed by atoms with Crippen LogP contribution in [0.25, 0.3) is 0 Å². The number of nitrogens with one attached hydrogen (secondary N) is 1. The second-order valence-electron chi connectivity index (χ2n) is 6.67. The van der Waals surface area contributed by atoms with Crippen molar-refractivity contribution >= 4 is 0 Å². The van der Waals surface area contributed by atoms with Gasteiger partial charge in [-0.3, -0.25) is 0 Å². The highest BCUT2D eigenvalue weighted by Gasteiger charge is 2.24. The Kier molecular flexibility index (Phi) is 6.25. The van der Waals surface area contributed by atoms with Gasteiger partial charge >= 0.3 is 0 Å². The molecule has 0 saturated carbocycles. The summed E-state index contributed by atoms with van der Waals surface area (Å²) in [6.45, 7) is 13.8. The zero-order chi connectivity index (χ0) is 15.2. The van der Waals surface area contributed by atoms with Crippen LogP contribution in [0.4, 0.5) is 0 Å². The average Bonchev–Trinajstić information content (AvgIpc) is 2.94. The molecule has 1 aliphatic rings. The van der Waals surface area contributed by atoms with E-state index in [0.29, 0.717) is 6.04 Å². The van der Waals surface area contributed by atoms with E-state index in [0.717, 1.165) is 19.0 Å². The molecule has 1 fully saturated rings. The lowest BCUT2D eigenvalue weighted by atomic mass is 10.0. The quantitative estimate of drug-likeness (QED) is 0.813. The topological polar surface area (TPSA) is 15.3 Å². The maximum Gasteiger partial charge on any atom is 0.0449 e. The highest BCUT2D eigenvalue weighted by Crippen LogP contribution is 2.23. The van der Waals surface area contributed by atoms with Crippen molar-refractivity contribution in [2.24, 2.45) is 5.92 Å². The van der Waals surface area contributed by atoms with Crippen LogP contribution < -0.4 is 5.32 Å². The van der Waals surface area contributed by atoms with Crippen molar-refractivity contribution < 1.29 is 0 Å². The van der Waals surface area contributed by atoms with Gasteiger partial charge in [-0.2, -0.15) is 0 Å². The Hall–Kier alpha value is -0.860. The predicted octanol–water partition coefficient (Wildman–Crippen LogP) is 4.08. The number of aryl methyl sites for hydroxylation is 2. The summed E-state index contributed by atoms with van der Waals surface area (Å²) in [4.78, 5) is 2.65. The SMILES string of the molecule is CCCNC(CN1CCC(CC)C1)c1ccc(C)c(C)c1. The van der Waals surface area contributed by atoms with E-state index in [1.165, 1.54) is 49.0 Å². The van der Waals surface area contributed by atoms with Gasteiger partial charge in [0, 0.05) is 19.1 Å². The summed E-state index contributed by atoms with van der Waals surface area (Å²) in [7, 11) is 0. The van der Waals surface area contributed by atoms with E-state index in [4.69, 9.17) is 0 Å². The number of likely N-dealkylation sites (tertiary alicyclic amines) is 1. The maximum absolute atomic E-state index is 3.75. The van der Waals surface area contributed by atoms with Crippen molar-refractivity contribution in [2.45, 2.75) is 53.0 Å². The molecule has 0 amide bonds. The molecule has 1 saturated heterocycles. The standard InChI is InChI=1S/C19H32N2/c1-5-10-20-19(14-21-11-9-17(6-2)13-21)18-8-7-15(3)16(4)12-18/h7-8,12,17,19-20H,5-6,9-11,13-14H2,1-4H3. The first kappa shape index (κ1) is 16.5. The van der Waals surface area contributed by atoms with E-state index in [1.807, 2.05) is 0 Å². The summed E-state index contributed by atoms with van der Waals surface area (Å²) < 4.78 is 0. The highest BCUT2D eigenvalue weighted by molar-refractivity contribution is 5.32. The van der Waals surface area contributed by atoms with Gasteiger partial charge in [-0.25, -0.2) is 0 Å². The molecule has 21 heavy (non-hydrogen) atoms. The molecule has 0 aliphatic carbocycles. The molecular formula is C19H32N2. The van der Waals surface area contributed by atoms with Crippen LogP contribution in [-0.4, -0.2) is 31.1 Å². The Morgan fingerprint density at radius 3 is 2.67 bits per heavy atom. The minimum absolute atomic E-state index is 0.472. The van der Waals surface area contributed by atoms with Gasteiger partial charge in [0.05, 0.1) is 0 Å². The van der Waals surface area contributed by atoms with Crippen LogP contribution in [0.1, 0.15) is 55.8 Å². The smallest absolute Gasteiger partial charge is 0.0449 e. The molecule has 2 nitrogen and oxygen atoms in total. The second-order valence-corrected chi connectivity index (χ2v) is 6.67. The number of benzene rings is 1. The molecule has 118 valence electrons. The first-order valence-corrected chi connectivity index (χ1v) is 8.66. The number of hydrogen-bond donors (Lipinski definition) is 1. The van der Waals surface area contributed by atoms with Gasteiger partial charge in [0.1, 0.15) is 0 Å². The molecule has 0 bridgehead atoms. The van der Waals surface area contributed by atoms with Crippen LogP contribution >= 0.6 is 0 Å². The molecule has 1 aliphatic heterocycles. The molecule has 2 heteroatoms. The normalized spacial score (nSPS) is 20.9. The summed E-state index contributed by atoms with van der Waals surface area (Å²) in [5.74, 6) is 0.913. The van der Waals surface area contributed by atoms with Gasteiger partial charge in [0.2, 0.25) is 0 Å². The molecule has 1 heterocycles. The van der Waals surface area contributed by atoms with Gasteiger partial charge in [-0.1, -0.05) is 38.5 Å². The maximum atomic E-state index is 3.75. The third-order valence-corrected chi connectivity index (χ3v) is 4.96. The van der Waals surface area contributed by atoms with Gasteiger partial charge in [0.25, 0.3) is 0 Å². The zero-order valence-corrected chi connectivity index (χ0v) is 14.3. The Bertz CT molecular complexity index is 441. The monoisotopic (exact) mass is 288 g/mol. The third-order valence-electron chi connectivity index (χ3n) is 4.96. The first-order valence-electron chi connectivity index (χ1n) is 8.66. The molecular weight excluding hydrogens is 256 g/mol. The molecule has 0 spiro atoms. The minimum Gasteiger partial charge on any atom is -0.309 e. The van der Waals surface area contributed by atoms with Crippen LogP contribution in [0.3, 0.4) is 0 Å². The summed E-state index contributed by atoms with van der Waals surface area (Å²) >= 11 is 0. The molecule has 2 unspecified atom stereocenters. The fraction of sp³-hybridized carbons (Fsp3) is 0.684. The Balaban J connectivity index is 2.05. The van der Waals surface area contributed by atoms with E-state index in [9.17, 15) is 0 Å². The first-order chi connectivity index (χ1) is 10.1. The van der Waals surface area contributed by atoms with Crippen molar-refractivity contribution in [3.63, 3.8) is 0 Å². The zero-order valence-electron chi connectivity index (χ0n) is 14.3. The molecule has 0 aromatic heterocycles. The molecule has 1 aromatic carbocycles. The number of rotatable bonds is 7. The summed E-state index contributed by atoms with van der Waals surface area (Å²) in [6, 6.07) is 7.42. The Labute approximate surface area is 130 Å². The van der Waals surface area contributed by atoms with Crippen molar-refractivity contribution in [1.82, 2.24) is 10.2 Å². The molecule has 1 N–H and O–H groups in total. The van der Waals surface area contributed by atoms with E-state index in [1.54, 1.807) is 0 Å². The fourth-order valence-electron chi connectivity index (χ4n) is 3.26. The van der Waals surface area contributed by atoms with E-state index in [2.05, 4.69) is 56.1 Å². The van der Waals surface area contributed by atoms with Gasteiger partial charge < -0.3 is 10.2 Å². The van der Waals surface area contributed by atoms with Crippen molar-refractivity contribution in [3.05, 3.63) is 34.9 Å². The van der Waals surface area contributed by atoms with Crippen molar-refractivity contribution in [3.8, 4) is 0 Å². The van der Waals surface area contributed by atoms with Crippen molar-refractivity contribution in [2.75, 3.05) is 26.2 Å². The van der Waals surface area contributed by atoms with Crippen LogP contribution in [0.5, 0.6) is 0 Å². The summed E-state index contributed by atoms with van der Waals surface area (Å²) in [6.07, 6.45) is 3.90. The number of nitrogens with zero attached hydrogens (tertiary/aromatic N) is 1. The van der Waals surface area contributed by atoms with Crippen LogP contribution in [0.15, 0.2) is 18.2 Å². The predicted molar refractivity (Wildman–Crippen MR) is 91.8 cm³/mol. The minimum atomic E-state index is 0.472. The highest BCUT2D eigenvalue weighted by atomic mass is 15.2. The average molecular weight is 288 g/mol. The van der Waals surface area contributed by atoms with Gasteiger partial charge in [-0.05, 0) is 62.4 Å². The Morgan fingerprint density at radius 2 is 2.05 bits per heavy atom. The molecule has 0 radical (unpaired) electrons. The van der Waals surface area contributed by atoms with E-state index >= 15 is 0 Å². The lowest BCUT2D eigenvalue weighted by Crippen LogP contribution is -2.34. The van der Waals surface area contributed by atoms with E-state index < -0.39 is 0 Å². The van der Waals surface area contributed by atoms with Crippen LogP contribution in [0.2, 0.25) is 0 Å². The summed E-state index contributed by atoms with van der Waals surface area (Å²) in [5.41, 5.74) is 4.25. The summed E-state index contributed by atoms with van der Waals surface area (Å²) in [5, 5.41) is 3.75.